The Morgan fingerprint density at radius 2 is 2.00 bits per heavy atom. The Balaban J connectivity index is 1.82. The van der Waals surface area contributed by atoms with Gasteiger partial charge in [0.05, 0.1) is 12.1 Å². The quantitative estimate of drug-likeness (QED) is 0.617. The minimum absolute atomic E-state index is 0.120. The Morgan fingerprint density at radius 1 is 1.28 bits per heavy atom. The van der Waals surface area contributed by atoms with Crippen LogP contribution in [0.3, 0.4) is 0 Å². The van der Waals surface area contributed by atoms with Gasteiger partial charge in [-0.25, -0.2) is 4.99 Å². The van der Waals surface area contributed by atoms with Gasteiger partial charge in [0.2, 0.25) is 5.91 Å². The van der Waals surface area contributed by atoms with E-state index in [2.05, 4.69) is 43.2 Å². The van der Waals surface area contributed by atoms with E-state index in [9.17, 15) is 4.79 Å². The highest BCUT2D eigenvalue weighted by Gasteiger charge is 2.40. The van der Waals surface area contributed by atoms with Gasteiger partial charge in [0.15, 0.2) is 11.8 Å². The Bertz CT molecular complexity index is 857. The molecule has 0 radical (unpaired) electrons. The summed E-state index contributed by atoms with van der Waals surface area (Å²) in [6.07, 6.45) is 1.70. The van der Waals surface area contributed by atoms with Crippen LogP contribution in [0.4, 0.5) is 0 Å². The molecule has 1 saturated heterocycles. The van der Waals surface area contributed by atoms with E-state index >= 15 is 0 Å². The molecular formula is C21H31N7O. The van der Waals surface area contributed by atoms with E-state index in [4.69, 9.17) is 4.99 Å². The number of hydrogen-bond donors (Lipinski definition) is 1. The van der Waals surface area contributed by atoms with Gasteiger partial charge < -0.3 is 15.1 Å². The Hall–Kier alpha value is -2.90. The number of piperazine rings is 1. The fourth-order valence-electron chi connectivity index (χ4n) is 4.06. The number of para-hydroxylation sites is 1. The van der Waals surface area contributed by atoms with Crippen LogP contribution in [0.1, 0.15) is 40.4 Å². The molecule has 1 aromatic carbocycles. The van der Waals surface area contributed by atoms with Crippen LogP contribution in [-0.4, -0.2) is 67.6 Å². The molecule has 0 bridgehead atoms. The van der Waals surface area contributed by atoms with Gasteiger partial charge in [-0.05, 0) is 46.8 Å². The number of hydrogen-bond acceptors (Lipinski definition) is 4. The molecule has 1 fully saturated rings. The summed E-state index contributed by atoms with van der Waals surface area (Å²) in [5.74, 6) is 1.59. The number of aromatic nitrogens is 3. The fraction of sp³-hybridized carbons (Fsp3) is 0.524. The Kier molecular flexibility index (Phi) is 6.20. The van der Waals surface area contributed by atoms with Gasteiger partial charge >= 0.3 is 0 Å². The maximum Gasteiger partial charge on any atom is 0.242 e. The second-order valence-electron chi connectivity index (χ2n) is 8.15. The number of rotatable bonds is 5. The fourth-order valence-corrected chi connectivity index (χ4v) is 4.06. The number of carbonyl (C=O) groups excluding carboxylic acids is 1. The zero-order valence-corrected chi connectivity index (χ0v) is 18.0. The minimum Gasteiger partial charge on any atom is -0.356 e. The van der Waals surface area contributed by atoms with Gasteiger partial charge in [0, 0.05) is 24.8 Å². The van der Waals surface area contributed by atoms with Crippen molar-refractivity contribution in [2.24, 2.45) is 4.99 Å². The summed E-state index contributed by atoms with van der Waals surface area (Å²) in [6, 6.07) is 10.1. The van der Waals surface area contributed by atoms with Crippen LogP contribution in [0, 0.1) is 0 Å². The number of aliphatic imine (C=N–C) groups is 1. The van der Waals surface area contributed by atoms with Crippen LogP contribution in [0.25, 0.3) is 5.69 Å². The van der Waals surface area contributed by atoms with Crippen LogP contribution in [0.15, 0.2) is 41.7 Å². The van der Waals surface area contributed by atoms with Crippen molar-refractivity contribution < 1.29 is 4.79 Å². The smallest absolute Gasteiger partial charge is 0.242 e. The van der Waals surface area contributed by atoms with E-state index in [0.717, 1.165) is 24.0 Å². The topological polar surface area (TPSA) is 78.6 Å². The summed E-state index contributed by atoms with van der Waals surface area (Å²) in [7, 11) is 0. The Labute approximate surface area is 172 Å². The summed E-state index contributed by atoms with van der Waals surface area (Å²) in [5.41, 5.74) is 0.721. The molecule has 1 aromatic heterocycles. The summed E-state index contributed by atoms with van der Waals surface area (Å²) < 4.78 is 1.93. The van der Waals surface area contributed by atoms with Crippen molar-refractivity contribution in [2.45, 2.75) is 52.7 Å². The largest absolute Gasteiger partial charge is 0.356 e. The normalized spacial score (nSPS) is 17.2. The molecule has 0 spiro atoms. The summed E-state index contributed by atoms with van der Waals surface area (Å²) in [6.45, 7) is 12.5. The molecule has 1 amide bonds. The minimum atomic E-state index is -0.274. The van der Waals surface area contributed by atoms with E-state index in [1.54, 1.807) is 6.33 Å². The number of nitrogens with zero attached hydrogens (tertiary/aromatic N) is 6. The van der Waals surface area contributed by atoms with Gasteiger partial charge in [-0.3, -0.25) is 9.36 Å². The van der Waals surface area contributed by atoms with Gasteiger partial charge in [-0.2, -0.15) is 0 Å². The first-order valence-corrected chi connectivity index (χ1v) is 10.1. The predicted octanol–water partition coefficient (Wildman–Crippen LogP) is 2.06. The van der Waals surface area contributed by atoms with Gasteiger partial charge in [0.1, 0.15) is 12.9 Å². The molecule has 1 aliphatic heterocycles. The molecule has 1 N–H and O–H groups in total. The molecule has 156 valence electrons. The van der Waals surface area contributed by atoms with Crippen LogP contribution >= 0.6 is 0 Å². The number of amides is 1. The summed E-state index contributed by atoms with van der Waals surface area (Å²) >= 11 is 0. The Morgan fingerprint density at radius 3 is 2.62 bits per heavy atom. The molecule has 2 aromatic rings. The summed E-state index contributed by atoms with van der Waals surface area (Å²) in [5, 5.41) is 11.6. The highest BCUT2D eigenvalue weighted by atomic mass is 16.2. The van der Waals surface area contributed by atoms with Crippen molar-refractivity contribution in [2.75, 3.05) is 19.6 Å². The van der Waals surface area contributed by atoms with Crippen molar-refractivity contribution in [3.05, 3.63) is 42.5 Å². The second kappa shape index (κ2) is 8.63. The highest BCUT2D eigenvalue weighted by Crippen LogP contribution is 2.24. The monoisotopic (exact) mass is 397 g/mol. The van der Waals surface area contributed by atoms with E-state index in [1.165, 1.54) is 0 Å². The highest BCUT2D eigenvalue weighted by molar-refractivity contribution is 5.88. The summed E-state index contributed by atoms with van der Waals surface area (Å²) in [4.78, 5) is 21.6. The van der Waals surface area contributed by atoms with E-state index in [-0.39, 0.29) is 17.5 Å². The SMILES string of the molecule is CCNC(=NCc1nncn1-c1ccccc1)N1CC(=O)N(C(C)C)C(C)(C)C1. The number of nitrogens with one attached hydrogen (secondary N) is 1. The molecule has 0 atom stereocenters. The second-order valence-corrected chi connectivity index (χ2v) is 8.15. The van der Waals surface area contributed by atoms with Gasteiger partial charge in [-0.1, -0.05) is 18.2 Å². The van der Waals surface area contributed by atoms with Crippen molar-refractivity contribution >= 4 is 11.9 Å². The van der Waals surface area contributed by atoms with Crippen LogP contribution in [-0.2, 0) is 11.3 Å². The lowest BCUT2D eigenvalue weighted by atomic mass is 9.96. The molecule has 0 unspecified atom stereocenters. The first-order chi connectivity index (χ1) is 13.8. The van der Waals surface area contributed by atoms with E-state index in [0.29, 0.717) is 19.6 Å². The van der Waals surface area contributed by atoms with Gasteiger partial charge in [-0.15, -0.1) is 10.2 Å². The van der Waals surface area contributed by atoms with Crippen molar-refractivity contribution in [3.63, 3.8) is 0 Å². The van der Waals surface area contributed by atoms with Crippen LogP contribution in [0.2, 0.25) is 0 Å². The molecule has 0 aliphatic carbocycles. The first kappa shape index (κ1) is 20.8. The van der Waals surface area contributed by atoms with Crippen molar-refractivity contribution in [1.29, 1.82) is 0 Å². The van der Waals surface area contributed by atoms with Crippen LogP contribution in [0.5, 0.6) is 0 Å². The third kappa shape index (κ3) is 4.58. The molecule has 2 heterocycles. The van der Waals surface area contributed by atoms with Crippen molar-refractivity contribution in [1.82, 2.24) is 29.9 Å². The standard InChI is InChI=1S/C21H31N7O/c1-6-22-20(26-13-19(29)28(16(2)3)21(4,5)14-26)23-12-18-25-24-15-27(18)17-10-8-7-9-11-17/h7-11,15-16H,6,12-14H2,1-5H3,(H,22,23). The lowest BCUT2D eigenvalue weighted by Crippen LogP contribution is -2.66. The third-order valence-corrected chi connectivity index (χ3v) is 5.00. The lowest BCUT2D eigenvalue weighted by Gasteiger charge is -2.49. The van der Waals surface area contributed by atoms with Gasteiger partial charge in [0.25, 0.3) is 0 Å². The number of guanidine groups is 1. The number of benzene rings is 1. The van der Waals surface area contributed by atoms with E-state index in [1.807, 2.05) is 51.6 Å². The molecular weight excluding hydrogens is 366 g/mol. The average molecular weight is 398 g/mol. The van der Waals surface area contributed by atoms with Crippen molar-refractivity contribution in [3.8, 4) is 5.69 Å². The first-order valence-electron chi connectivity index (χ1n) is 10.1. The predicted molar refractivity (Wildman–Crippen MR) is 114 cm³/mol. The average Bonchev–Trinajstić information content (AvgIpc) is 3.12. The van der Waals surface area contributed by atoms with Crippen LogP contribution < -0.4 is 5.32 Å². The third-order valence-electron chi connectivity index (χ3n) is 5.00. The lowest BCUT2D eigenvalue weighted by molar-refractivity contribution is -0.145. The maximum absolute atomic E-state index is 12.8. The van der Waals surface area contributed by atoms with E-state index < -0.39 is 0 Å². The zero-order chi connectivity index (χ0) is 21.0. The molecule has 1 aliphatic rings. The molecule has 3 rings (SSSR count). The molecule has 8 nitrogen and oxygen atoms in total. The maximum atomic E-state index is 12.8. The number of carbonyl (C=O) groups is 1. The zero-order valence-electron chi connectivity index (χ0n) is 18.0. The molecule has 0 saturated carbocycles. The molecule has 8 heteroatoms. The molecule has 29 heavy (non-hydrogen) atoms.